The summed E-state index contributed by atoms with van der Waals surface area (Å²) in [6, 6.07) is 15.4. The van der Waals surface area contributed by atoms with Crippen molar-refractivity contribution in [1.82, 2.24) is 0 Å². The Kier molecular flexibility index (Phi) is 6.16. The van der Waals surface area contributed by atoms with E-state index in [1.807, 2.05) is 30.3 Å². The normalized spacial score (nSPS) is 13.0. The van der Waals surface area contributed by atoms with Gasteiger partial charge in [0.25, 0.3) is 0 Å². The van der Waals surface area contributed by atoms with Crippen molar-refractivity contribution in [3.05, 3.63) is 71.5 Å². The molecule has 23 heavy (non-hydrogen) atoms. The topological polar surface area (TPSA) is 9.23 Å². The van der Waals surface area contributed by atoms with E-state index in [9.17, 15) is 17.6 Å². The largest absolute Gasteiger partial charge is 0.389 e. The molecule has 0 saturated carbocycles. The zero-order chi connectivity index (χ0) is 16.7. The second kappa shape index (κ2) is 8.11. The summed E-state index contributed by atoms with van der Waals surface area (Å²) in [4.78, 5) is 0. The van der Waals surface area contributed by atoms with Crippen molar-refractivity contribution in [3.8, 4) is 0 Å². The molecule has 1 nitrogen and oxygen atoms in total. The quantitative estimate of drug-likeness (QED) is 0.484. The van der Waals surface area contributed by atoms with E-state index in [1.165, 1.54) is 12.1 Å². The highest BCUT2D eigenvalue weighted by Gasteiger charge is 2.26. The molecule has 0 aliphatic carbocycles. The zero-order valence-electron chi connectivity index (χ0n) is 12.5. The second-order valence-corrected chi connectivity index (χ2v) is 5.32. The fraction of sp³-hybridized carbons (Fsp3) is 0.333. The summed E-state index contributed by atoms with van der Waals surface area (Å²) in [6.07, 6.45) is -5.00. The lowest BCUT2D eigenvalue weighted by atomic mass is 10.0. The monoisotopic (exact) mass is 326 g/mol. The third-order valence-corrected chi connectivity index (χ3v) is 3.43. The molecule has 0 bridgehead atoms. The predicted molar refractivity (Wildman–Crippen MR) is 80.5 cm³/mol. The van der Waals surface area contributed by atoms with E-state index in [0.29, 0.717) is 6.42 Å². The van der Waals surface area contributed by atoms with Crippen molar-refractivity contribution in [3.63, 3.8) is 0 Å². The first-order valence-corrected chi connectivity index (χ1v) is 7.42. The molecule has 0 spiro atoms. The Balaban J connectivity index is 2.01. The van der Waals surface area contributed by atoms with Crippen LogP contribution in [0.1, 0.15) is 30.1 Å². The minimum Gasteiger partial charge on any atom is -0.373 e. The van der Waals surface area contributed by atoms with E-state index in [-0.39, 0.29) is 18.8 Å². The van der Waals surface area contributed by atoms with Gasteiger partial charge >= 0.3 is 6.18 Å². The van der Waals surface area contributed by atoms with Crippen LogP contribution in [0.4, 0.5) is 17.6 Å². The van der Waals surface area contributed by atoms with Crippen LogP contribution < -0.4 is 0 Å². The fourth-order valence-corrected chi connectivity index (χ4v) is 2.28. The molecule has 124 valence electrons. The van der Waals surface area contributed by atoms with Gasteiger partial charge in [-0.15, -0.1) is 0 Å². The molecule has 0 aromatic heterocycles. The van der Waals surface area contributed by atoms with Gasteiger partial charge < -0.3 is 4.74 Å². The molecule has 2 rings (SSSR count). The van der Waals surface area contributed by atoms with Gasteiger partial charge in [-0.2, -0.15) is 13.2 Å². The van der Waals surface area contributed by atoms with Gasteiger partial charge in [0, 0.05) is 19.4 Å². The van der Waals surface area contributed by atoms with Crippen molar-refractivity contribution in [1.29, 1.82) is 0 Å². The molecule has 2 aromatic rings. The number of hydrogen-bond acceptors (Lipinski definition) is 1. The number of rotatable bonds is 7. The number of benzene rings is 2. The Morgan fingerprint density at radius 3 is 2.17 bits per heavy atom. The summed E-state index contributed by atoms with van der Waals surface area (Å²) in [5.74, 6) is -0.357. The average Bonchev–Trinajstić information content (AvgIpc) is 2.51. The van der Waals surface area contributed by atoms with E-state index in [2.05, 4.69) is 0 Å². The highest BCUT2D eigenvalue weighted by molar-refractivity contribution is 5.23. The number of halogens is 4. The zero-order valence-corrected chi connectivity index (χ0v) is 12.5. The van der Waals surface area contributed by atoms with Crippen LogP contribution in [0.2, 0.25) is 0 Å². The molecule has 1 atom stereocenters. The third-order valence-electron chi connectivity index (χ3n) is 3.43. The lowest BCUT2D eigenvalue weighted by Crippen LogP contribution is -2.12. The first kappa shape index (κ1) is 17.5. The maximum atomic E-state index is 13.0. The highest BCUT2D eigenvalue weighted by Crippen LogP contribution is 2.25. The van der Waals surface area contributed by atoms with Gasteiger partial charge in [-0.3, -0.25) is 0 Å². The molecule has 0 aliphatic rings. The molecule has 0 aliphatic heterocycles. The Morgan fingerprint density at radius 1 is 0.913 bits per heavy atom. The van der Waals surface area contributed by atoms with Crippen molar-refractivity contribution in [2.45, 2.75) is 31.5 Å². The van der Waals surface area contributed by atoms with Crippen LogP contribution >= 0.6 is 0 Å². The standard InChI is InChI=1S/C18H18F4O/c19-16-9-7-15(8-10-16)17(13-14-5-2-1-3-6-14)23-12-4-11-18(20,21)22/h1-3,5-10,17H,4,11-13H2. The summed E-state index contributed by atoms with van der Waals surface area (Å²) in [5, 5.41) is 0. The molecule has 0 heterocycles. The van der Waals surface area contributed by atoms with E-state index in [0.717, 1.165) is 11.1 Å². The Hall–Kier alpha value is -1.88. The molecule has 1 unspecified atom stereocenters. The van der Waals surface area contributed by atoms with Crippen molar-refractivity contribution < 1.29 is 22.3 Å². The molecular weight excluding hydrogens is 308 g/mol. The predicted octanol–water partition coefficient (Wildman–Crippen LogP) is 5.47. The molecule has 5 heteroatoms. The summed E-state index contributed by atoms with van der Waals surface area (Å²) in [6.45, 7) is 0.00832. The smallest absolute Gasteiger partial charge is 0.373 e. The van der Waals surface area contributed by atoms with Crippen LogP contribution in [0.3, 0.4) is 0 Å². The van der Waals surface area contributed by atoms with Crippen molar-refractivity contribution in [2.75, 3.05) is 6.61 Å². The molecular formula is C18H18F4O. The van der Waals surface area contributed by atoms with Crippen LogP contribution in [0.25, 0.3) is 0 Å². The molecule has 0 amide bonds. The lowest BCUT2D eigenvalue weighted by Gasteiger charge is -2.19. The van der Waals surface area contributed by atoms with Gasteiger partial charge in [0.15, 0.2) is 0 Å². The number of ether oxygens (including phenoxy) is 1. The first-order valence-electron chi connectivity index (χ1n) is 7.42. The average molecular weight is 326 g/mol. The molecule has 0 fully saturated rings. The maximum absolute atomic E-state index is 13.0. The van der Waals surface area contributed by atoms with Crippen molar-refractivity contribution >= 4 is 0 Å². The minimum atomic E-state index is -4.17. The lowest BCUT2D eigenvalue weighted by molar-refractivity contribution is -0.139. The second-order valence-electron chi connectivity index (χ2n) is 5.32. The third kappa shape index (κ3) is 6.40. The highest BCUT2D eigenvalue weighted by atomic mass is 19.4. The van der Waals surface area contributed by atoms with Gasteiger partial charge in [0.2, 0.25) is 0 Å². The van der Waals surface area contributed by atoms with Crippen LogP contribution in [0, 0.1) is 5.82 Å². The summed E-state index contributed by atoms with van der Waals surface area (Å²) < 4.78 is 55.3. The van der Waals surface area contributed by atoms with E-state index < -0.39 is 18.7 Å². The minimum absolute atomic E-state index is 0.00832. The van der Waals surface area contributed by atoms with Crippen LogP contribution in [-0.2, 0) is 11.2 Å². The number of hydrogen-bond donors (Lipinski definition) is 0. The van der Waals surface area contributed by atoms with E-state index >= 15 is 0 Å². The van der Waals surface area contributed by atoms with Crippen molar-refractivity contribution in [2.24, 2.45) is 0 Å². The van der Waals surface area contributed by atoms with Gasteiger partial charge in [-0.25, -0.2) is 4.39 Å². The van der Waals surface area contributed by atoms with Gasteiger partial charge in [0.05, 0.1) is 6.10 Å². The first-order chi connectivity index (χ1) is 10.9. The van der Waals surface area contributed by atoms with Crippen LogP contribution in [0.5, 0.6) is 0 Å². The Labute approximate surface area is 132 Å². The molecule has 0 radical (unpaired) electrons. The molecule has 2 aromatic carbocycles. The van der Waals surface area contributed by atoms with Gasteiger partial charge in [-0.05, 0) is 29.7 Å². The summed E-state index contributed by atoms with van der Waals surface area (Å²) >= 11 is 0. The molecule has 0 N–H and O–H groups in total. The van der Waals surface area contributed by atoms with E-state index in [4.69, 9.17) is 4.74 Å². The summed E-state index contributed by atoms with van der Waals surface area (Å²) in [7, 11) is 0. The van der Waals surface area contributed by atoms with Gasteiger partial charge in [-0.1, -0.05) is 42.5 Å². The number of alkyl halides is 3. The van der Waals surface area contributed by atoms with E-state index in [1.54, 1.807) is 12.1 Å². The fourth-order valence-electron chi connectivity index (χ4n) is 2.28. The Bertz CT molecular complexity index is 578. The van der Waals surface area contributed by atoms with Crippen LogP contribution in [-0.4, -0.2) is 12.8 Å². The SMILES string of the molecule is Fc1ccc(C(Cc2ccccc2)OCCCC(F)(F)F)cc1. The maximum Gasteiger partial charge on any atom is 0.389 e. The Morgan fingerprint density at radius 2 is 1.57 bits per heavy atom. The van der Waals surface area contributed by atoms with Gasteiger partial charge in [0.1, 0.15) is 5.82 Å². The molecule has 0 saturated heterocycles. The van der Waals surface area contributed by atoms with Crippen LogP contribution in [0.15, 0.2) is 54.6 Å². The summed E-state index contributed by atoms with van der Waals surface area (Å²) in [5.41, 5.74) is 1.76.